The third-order valence-corrected chi connectivity index (χ3v) is 7.46. The molecule has 0 atom stereocenters. The molecule has 120 valence electrons. The van der Waals surface area contributed by atoms with Crippen LogP contribution in [0.15, 0.2) is 58.6 Å². The minimum atomic E-state index is -0.784. The lowest BCUT2D eigenvalue weighted by atomic mass is 10.0. The van der Waals surface area contributed by atoms with Crippen molar-refractivity contribution in [2.75, 3.05) is 18.3 Å². The summed E-state index contributed by atoms with van der Waals surface area (Å²) in [7, 11) is 1.02. The number of pyridine rings is 2. The van der Waals surface area contributed by atoms with E-state index in [2.05, 4.69) is 48.7 Å². The summed E-state index contributed by atoms with van der Waals surface area (Å²) in [5, 5.41) is 1.63. The van der Waals surface area contributed by atoms with Gasteiger partial charge in [0.1, 0.15) is 0 Å². The number of benzene rings is 1. The molecule has 0 aliphatic carbocycles. The van der Waals surface area contributed by atoms with Gasteiger partial charge in [0.05, 0.1) is 5.39 Å². The van der Waals surface area contributed by atoms with Gasteiger partial charge in [-0.15, -0.1) is 0 Å². The second-order valence-corrected chi connectivity index (χ2v) is 10.4. The Morgan fingerprint density at radius 2 is 1.96 bits per heavy atom. The SMILES string of the molecule is CCS(C)(C)c1cccc(-c2cn(C)c(=O)c3ccncc23)c1. The quantitative estimate of drug-likeness (QED) is 0.728. The van der Waals surface area contributed by atoms with E-state index in [-0.39, 0.29) is 5.56 Å². The zero-order valence-electron chi connectivity index (χ0n) is 14.0. The largest absolute Gasteiger partial charge is 0.317 e. The fraction of sp³-hybridized carbons (Fsp3) is 0.263. The molecule has 3 nitrogen and oxygen atoms in total. The molecule has 0 radical (unpaired) electrons. The van der Waals surface area contributed by atoms with Gasteiger partial charge in [-0.1, -0.05) is 25.1 Å². The Balaban J connectivity index is 2.28. The van der Waals surface area contributed by atoms with Gasteiger partial charge in [-0.25, -0.2) is 10.0 Å². The number of fused-ring (bicyclic) bond motifs is 1. The summed E-state index contributed by atoms with van der Waals surface area (Å²) in [5.74, 6) is 1.16. The van der Waals surface area contributed by atoms with Crippen LogP contribution in [0.25, 0.3) is 21.9 Å². The van der Waals surface area contributed by atoms with Crippen LogP contribution in [-0.4, -0.2) is 27.8 Å². The second kappa shape index (κ2) is 5.85. The lowest BCUT2D eigenvalue weighted by molar-refractivity contribution is 0.874. The molecule has 2 aromatic heterocycles. The number of hydrogen-bond acceptors (Lipinski definition) is 2. The molecule has 23 heavy (non-hydrogen) atoms. The van der Waals surface area contributed by atoms with E-state index in [1.165, 1.54) is 4.90 Å². The number of aromatic nitrogens is 2. The molecule has 0 amide bonds. The van der Waals surface area contributed by atoms with Gasteiger partial charge >= 0.3 is 0 Å². The van der Waals surface area contributed by atoms with Crippen LogP contribution in [0, 0.1) is 0 Å². The van der Waals surface area contributed by atoms with Gasteiger partial charge in [0, 0.05) is 36.6 Å². The molecule has 3 aromatic rings. The molecule has 4 heteroatoms. The predicted molar refractivity (Wildman–Crippen MR) is 101 cm³/mol. The first-order chi connectivity index (χ1) is 10.9. The first-order valence-corrected chi connectivity index (χ1v) is 10.3. The number of nitrogens with zero attached hydrogens (tertiary/aromatic N) is 2. The molecule has 0 aliphatic rings. The molecule has 1 aromatic carbocycles. The lowest BCUT2D eigenvalue weighted by Crippen LogP contribution is -2.16. The van der Waals surface area contributed by atoms with Crippen LogP contribution in [0.5, 0.6) is 0 Å². The smallest absolute Gasteiger partial charge is 0.258 e. The molecule has 2 heterocycles. The van der Waals surface area contributed by atoms with E-state index in [0.29, 0.717) is 5.39 Å². The van der Waals surface area contributed by atoms with Crippen LogP contribution < -0.4 is 5.56 Å². The zero-order valence-corrected chi connectivity index (χ0v) is 14.9. The van der Waals surface area contributed by atoms with Gasteiger partial charge in [-0.2, -0.15) is 0 Å². The van der Waals surface area contributed by atoms with Crippen molar-refractivity contribution in [1.29, 1.82) is 0 Å². The summed E-state index contributed by atoms with van der Waals surface area (Å²) >= 11 is 0. The maximum absolute atomic E-state index is 12.3. The van der Waals surface area contributed by atoms with Crippen molar-refractivity contribution in [3.63, 3.8) is 0 Å². The summed E-state index contributed by atoms with van der Waals surface area (Å²) in [4.78, 5) is 17.9. The van der Waals surface area contributed by atoms with E-state index in [4.69, 9.17) is 0 Å². The molecule has 0 saturated carbocycles. The van der Waals surface area contributed by atoms with Gasteiger partial charge in [0.15, 0.2) is 0 Å². The molecule has 0 N–H and O–H groups in total. The highest BCUT2D eigenvalue weighted by atomic mass is 32.3. The van der Waals surface area contributed by atoms with Gasteiger partial charge in [0.2, 0.25) is 0 Å². The van der Waals surface area contributed by atoms with Gasteiger partial charge in [0.25, 0.3) is 5.56 Å². The highest BCUT2D eigenvalue weighted by Crippen LogP contribution is 2.49. The van der Waals surface area contributed by atoms with Gasteiger partial charge < -0.3 is 4.57 Å². The molecule has 0 bridgehead atoms. The van der Waals surface area contributed by atoms with Crippen LogP contribution in [0.4, 0.5) is 0 Å². The summed E-state index contributed by atoms with van der Waals surface area (Å²) in [6.45, 7) is 2.24. The molecule has 0 aliphatic heterocycles. The fourth-order valence-electron chi connectivity index (χ4n) is 2.71. The third kappa shape index (κ3) is 2.79. The second-order valence-electron chi connectivity index (χ2n) is 6.23. The summed E-state index contributed by atoms with van der Waals surface area (Å²) in [6.07, 6.45) is 10.1. The molecule has 0 spiro atoms. The van der Waals surface area contributed by atoms with Crippen molar-refractivity contribution in [3.8, 4) is 11.1 Å². The van der Waals surface area contributed by atoms with E-state index in [1.54, 1.807) is 30.1 Å². The van der Waals surface area contributed by atoms with Gasteiger partial charge in [-0.3, -0.25) is 9.78 Å². The fourth-order valence-corrected chi connectivity index (χ4v) is 3.94. The van der Waals surface area contributed by atoms with Crippen LogP contribution in [0.1, 0.15) is 6.92 Å². The maximum Gasteiger partial charge on any atom is 0.258 e. The zero-order chi connectivity index (χ0) is 16.6. The van der Waals surface area contributed by atoms with Crippen LogP contribution in [-0.2, 0) is 7.05 Å². The van der Waals surface area contributed by atoms with Crippen molar-refractivity contribution in [3.05, 3.63) is 59.3 Å². The first-order valence-electron chi connectivity index (χ1n) is 7.69. The van der Waals surface area contributed by atoms with Crippen molar-refractivity contribution in [2.45, 2.75) is 11.8 Å². The monoisotopic (exact) mass is 326 g/mol. The van der Waals surface area contributed by atoms with E-state index >= 15 is 0 Å². The average molecular weight is 326 g/mol. The van der Waals surface area contributed by atoms with E-state index in [9.17, 15) is 4.79 Å². The van der Waals surface area contributed by atoms with Crippen molar-refractivity contribution >= 4 is 20.8 Å². The molecule has 0 saturated heterocycles. The van der Waals surface area contributed by atoms with E-state index < -0.39 is 10.0 Å². The maximum atomic E-state index is 12.3. The van der Waals surface area contributed by atoms with Crippen molar-refractivity contribution in [1.82, 2.24) is 9.55 Å². The van der Waals surface area contributed by atoms with Crippen LogP contribution in [0.3, 0.4) is 0 Å². The highest BCUT2D eigenvalue weighted by Gasteiger charge is 2.14. The number of aryl methyl sites for hydroxylation is 1. The lowest BCUT2D eigenvalue weighted by Gasteiger charge is -2.30. The standard InChI is InChI=1S/C19H22N2OS/c1-5-23(3,4)15-8-6-7-14(11-15)18-13-21(2)19(22)16-9-10-20-12-17(16)18/h6-13H,5H2,1-4H3. The Morgan fingerprint density at radius 3 is 2.70 bits per heavy atom. The summed E-state index contributed by atoms with van der Waals surface area (Å²) in [5.41, 5.74) is 2.22. The van der Waals surface area contributed by atoms with E-state index in [0.717, 1.165) is 22.3 Å². The Morgan fingerprint density at radius 1 is 1.17 bits per heavy atom. The Bertz CT molecular complexity index is 928. The minimum absolute atomic E-state index is 0.0156. The Labute approximate surface area is 138 Å². The molecule has 0 fully saturated rings. The Kier molecular flexibility index (Phi) is 4.02. The predicted octanol–water partition coefficient (Wildman–Crippen LogP) is 4.04. The van der Waals surface area contributed by atoms with Gasteiger partial charge in [-0.05, 0) is 40.9 Å². The third-order valence-electron chi connectivity index (χ3n) is 4.49. The molecular formula is C19H22N2OS. The number of rotatable bonds is 3. The Hall–Kier alpha value is -2.07. The van der Waals surface area contributed by atoms with E-state index in [1.807, 2.05) is 6.20 Å². The normalized spacial score (nSPS) is 12.5. The summed E-state index contributed by atoms with van der Waals surface area (Å²) < 4.78 is 1.65. The molecule has 0 unspecified atom stereocenters. The molecular weight excluding hydrogens is 304 g/mol. The highest BCUT2D eigenvalue weighted by molar-refractivity contribution is 8.32. The average Bonchev–Trinajstić information content (AvgIpc) is 2.58. The topological polar surface area (TPSA) is 34.9 Å². The first kappa shape index (κ1) is 15.8. The van der Waals surface area contributed by atoms with Crippen molar-refractivity contribution < 1.29 is 0 Å². The van der Waals surface area contributed by atoms with Crippen molar-refractivity contribution in [2.24, 2.45) is 7.05 Å². The number of hydrogen-bond donors (Lipinski definition) is 0. The molecule has 3 rings (SSSR count). The minimum Gasteiger partial charge on any atom is -0.317 e. The van der Waals surface area contributed by atoms with Crippen LogP contribution in [0.2, 0.25) is 0 Å². The summed E-state index contributed by atoms with van der Waals surface area (Å²) in [6, 6.07) is 10.5. The van der Waals surface area contributed by atoms with Crippen LogP contribution >= 0.6 is 10.0 Å².